The minimum Gasteiger partial charge on any atom is -0.350 e. The number of nitrogens with one attached hydrogen (secondary N) is 2. The van der Waals surface area contributed by atoms with Crippen LogP contribution >= 0.6 is 11.3 Å². The third kappa shape index (κ3) is 2.48. The molecular weight excluding hydrogens is 298 g/mol. The summed E-state index contributed by atoms with van der Waals surface area (Å²) in [7, 11) is 1.88. The van der Waals surface area contributed by atoms with Gasteiger partial charge in [0, 0.05) is 24.1 Å². The molecule has 0 fully saturated rings. The molecule has 2 heterocycles. The first-order valence-electron chi connectivity index (χ1n) is 6.77. The van der Waals surface area contributed by atoms with Crippen LogP contribution in [0.15, 0.2) is 41.9 Å². The van der Waals surface area contributed by atoms with Crippen LogP contribution in [0, 0.1) is 6.92 Å². The molecule has 5 nitrogen and oxygen atoms in total. The quantitative estimate of drug-likeness (QED) is 0.714. The van der Waals surface area contributed by atoms with Crippen LogP contribution in [0.4, 0.5) is 0 Å². The number of para-hydroxylation sites is 1. The molecule has 0 aliphatic heterocycles. The van der Waals surface area contributed by atoms with Gasteiger partial charge >= 0.3 is 0 Å². The highest BCUT2D eigenvalue weighted by atomic mass is 32.1. The summed E-state index contributed by atoms with van der Waals surface area (Å²) in [6, 6.07) is 9.50. The molecule has 0 saturated heterocycles. The fraction of sp³-hybridized carbons (Fsp3) is 0.125. The number of carbonyl (C=O) groups is 2. The topological polar surface area (TPSA) is 63.1 Å². The Bertz CT molecular complexity index is 863. The fourth-order valence-electron chi connectivity index (χ4n) is 2.37. The number of thiophene rings is 1. The second-order valence-electron chi connectivity index (χ2n) is 5.01. The van der Waals surface area contributed by atoms with E-state index in [1.165, 1.54) is 11.3 Å². The number of hydrogen-bond acceptors (Lipinski definition) is 3. The van der Waals surface area contributed by atoms with Crippen molar-refractivity contribution < 1.29 is 9.59 Å². The molecule has 0 saturated carbocycles. The third-order valence-corrected chi connectivity index (χ3v) is 4.51. The highest BCUT2D eigenvalue weighted by Gasteiger charge is 2.15. The maximum absolute atomic E-state index is 12.3. The van der Waals surface area contributed by atoms with Gasteiger partial charge in [0.15, 0.2) is 0 Å². The van der Waals surface area contributed by atoms with E-state index in [2.05, 4.69) is 10.9 Å². The molecule has 3 aromatic rings. The largest absolute Gasteiger partial charge is 0.350 e. The van der Waals surface area contributed by atoms with Crippen LogP contribution in [0.3, 0.4) is 0 Å². The minimum atomic E-state index is -0.334. The molecular formula is C16H15N3O2S. The zero-order valence-electron chi connectivity index (χ0n) is 12.2. The third-order valence-electron chi connectivity index (χ3n) is 3.50. The molecule has 0 aliphatic carbocycles. The van der Waals surface area contributed by atoms with E-state index in [0.29, 0.717) is 10.4 Å². The number of benzene rings is 1. The van der Waals surface area contributed by atoms with Gasteiger partial charge in [0.05, 0.1) is 10.4 Å². The normalized spacial score (nSPS) is 10.6. The number of hydrogen-bond donors (Lipinski definition) is 2. The van der Waals surface area contributed by atoms with Crippen molar-refractivity contribution in [3.63, 3.8) is 0 Å². The van der Waals surface area contributed by atoms with Crippen LogP contribution < -0.4 is 10.9 Å². The van der Waals surface area contributed by atoms with Crippen LogP contribution in [0.25, 0.3) is 10.9 Å². The van der Waals surface area contributed by atoms with Gasteiger partial charge in [0.2, 0.25) is 0 Å². The van der Waals surface area contributed by atoms with E-state index in [0.717, 1.165) is 16.5 Å². The van der Waals surface area contributed by atoms with Crippen molar-refractivity contribution in [1.29, 1.82) is 0 Å². The maximum atomic E-state index is 12.3. The van der Waals surface area contributed by atoms with E-state index in [4.69, 9.17) is 0 Å². The molecule has 2 amide bonds. The number of aryl methyl sites for hydroxylation is 2. The lowest BCUT2D eigenvalue weighted by molar-refractivity contribution is 0.0849. The number of hydrazine groups is 1. The highest BCUT2D eigenvalue weighted by molar-refractivity contribution is 7.12. The summed E-state index contributed by atoms with van der Waals surface area (Å²) in [5.41, 5.74) is 7.32. The zero-order valence-corrected chi connectivity index (χ0v) is 13.0. The maximum Gasteiger partial charge on any atom is 0.280 e. The van der Waals surface area contributed by atoms with Crippen LogP contribution in [-0.4, -0.2) is 16.4 Å². The molecule has 3 rings (SSSR count). The van der Waals surface area contributed by atoms with Gasteiger partial charge in [0.1, 0.15) is 0 Å². The summed E-state index contributed by atoms with van der Waals surface area (Å²) in [6.07, 6.45) is 1.75. The summed E-state index contributed by atoms with van der Waals surface area (Å²) < 4.78 is 1.88. The molecule has 2 aromatic heterocycles. The smallest absolute Gasteiger partial charge is 0.280 e. The molecule has 0 spiro atoms. The predicted molar refractivity (Wildman–Crippen MR) is 86.9 cm³/mol. The van der Waals surface area contributed by atoms with Gasteiger partial charge in [0.25, 0.3) is 11.8 Å². The molecule has 0 unspecified atom stereocenters. The Morgan fingerprint density at radius 3 is 2.55 bits per heavy atom. The van der Waals surface area contributed by atoms with Crippen LogP contribution in [0.1, 0.15) is 25.6 Å². The fourth-order valence-corrected chi connectivity index (χ4v) is 3.19. The van der Waals surface area contributed by atoms with E-state index in [1.807, 2.05) is 54.3 Å². The Hall–Kier alpha value is -2.60. The summed E-state index contributed by atoms with van der Waals surface area (Å²) in [5.74, 6) is -0.638. The molecule has 1 aromatic carbocycles. The van der Waals surface area contributed by atoms with Crippen molar-refractivity contribution in [2.45, 2.75) is 6.92 Å². The molecule has 0 bridgehead atoms. The lowest BCUT2D eigenvalue weighted by atomic mass is 10.2. The first-order valence-corrected chi connectivity index (χ1v) is 7.64. The average molecular weight is 313 g/mol. The monoisotopic (exact) mass is 313 g/mol. The minimum absolute atomic E-state index is 0.305. The Labute approximate surface area is 131 Å². The number of rotatable bonds is 2. The van der Waals surface area contributed by atoms with Gasteiger partial charge in [-0.1, -0.05) is 18.2 Å². The van der Waals surface area contributed by atoms with Gasteiger partial charge in [-0.25, -0.2) is 0 Å². The van der Waals surface area contributed by atoms with E-state index in [-0.39, 0.29) is 11.8 Å². The predicted octanol–water partition coefficient (Wildman–Crippen LogP) is 2.62. The number of amides is 2. The van der Waals surface area contributed by atoms with E-state index < -0.39 is 0 Å². The number of nitrogens with zero attached hydrogens (tertiary/aromatic N) is 1. The highest BCUT2D eigenvalue weighted by Crippen LogP contribution is 2.20. The SMILES string of the molecule is Cc1ccsc1C(=O)NNC(=O)c1cn(C)c2ccccc12. The van der Waals surface area contributed by atoms with Crippen LogP contribution in [0.5, 0.6) is 0 Å². The first kappa shape index (κ1) is 14.3. The van der Waals surface area contributed by atoms with Crippen molar-refractivity contribution >= 4 is 34.1 Å². The van der Waals surface area contributed by atoms with Crippen molar-refractivity contribution in [3.8, 4) is 0 Å². The summed E-state index contributed by atoms with van der Waals surface area (Å²) in [6.45, 7) is 1.86. The van der Waals surface area contributed by atoms with Crippen molar-refractivity contribution in [1.82, 2.24) is 15.4 Å². The van der Waals surface area contributed by atoms with Crippen LogP contribution in [0.2, 0.25) is 0 Å². The van der Waals surface area contributed by atoms with Gasteiger partial charge in [-0.2, -0.15) is 0 Å². The van der Waals surface area contributed by atoms with Crippen molar-refractivity contribution in [3.05, 3.63) is 57.9 Å². The molecule has 6 heteroatoms. The average Bonchev–Trinajstić information content (AvgIpc) is 3.09. The molecule has 0 atom stereocenters. The number of fused-ring (bicyclic) bond motifs is 1. The molecule has 0 radical (unpaired) electrons. The Balaban J connectivity index is 1.77. The first-order chi connectivity index (χ1) is 10.6. The van der Waals surface area contributed by atoms with E-state index >= 15 is 0 Å². The lowest BCUT2D eigenvalue weighted by Gasteiger charge is -2.06. The molecule has 22 heavy (non-hydrogen) atoms. The second-order valence-corrected chi connectivity index (χ2v) is 5.93. The van der Waals surface area contributed by atoms with Crippen molar-refractivity contribution in [2.75, 3.05) is 0 Å². The van der Waals surface area contributed by atoms with E-state index in [1.54, 1.807) is 6.20 Å². The number of carbonyl (C=O) groups excluding carboxylic acids is 2. The molecule has 2 N–H and O–H groups in total. The second kappa shape index (κ2) is 5.65. The Kier molecular flexibility index (Phi) is 3.68. The van der Waals surface area contributed by atoms with Gasteiger partial charge in [-0.15, -0.1) is 11.3 Å². The van der Waals surface area contributed by atoms with Gasteiger partial charge < -0.3 is 4.57 Å². The number of aromatic nitrogens is 1. The van der Waals surface area contributed by atoms with Gasteiger partial charge in [-0.05, 0) is 30.0 Å². The molecule has 0 aliphatic rings. The Morgan fingerprint density at radius 1 is 1.09 bits per heavy atom. The van der Waals surface area contributed by atoms with Gasteiger partial charge in [-0.3, -0.25) is 20.4 Å². The lowest BCUT2D eigenvalue weighted by Crippen LogP contribution is -2.41. The standard InChI is InChI=1S/C16H15N3O2S/c1-10-7-8-22-14(10)16(21)18-17-15(20)12-9-19(2)13-6-4-3-5-11(12)13/h3-9H,1-2H3,(H,17,20)(H,18,21). The van der Waals surface area contributed by atoms with Crippen LogP contribution in [-0.2, 0) is 7.05 Å². The summed E-state index contributed by atoms with van der Waals surface area (Å²) in [4.78, 5) is 24.9. The summed E-state index contributed by atoms with van der Waals surface area (Å²) >= 11 is 1.34. The Morgan fingerprint density at radius 2 is 1.82 bits per heavy atom. The summed E-state index contributed by atoms with van der Waals surface area (Å²) in [5, 5.41) is 2.69. The molecule has 112 valence electrons. The van der Waals surface area contributed by atoms with E-state index in [9.17, 15) is 9.59 Å². The zero-order chi connectivity index (χ0) is 15.7. The van der Waals surface area contributed by atoms with Crippen molar-refractivity contribution in [2.24, 2.45) is 7.05 Å².